The molecule has 0 bridgehead atoms. The molecule has 0 spiro atoms. The lowest BCUT2D eigenvalue weighted by atomic mass is 10.1. The first kappa shape index (κ1) is 15.1. The van der Waals surface area contributed by atoms with Gasteiger partial charge in [0.05, 0.1) is 19.5 Å². The Morgan fingerprint density at radius 1 is 1.27 bits per heavy atom. The normalized spacial score (nSPS) is 19.5. The van der Waals surface area contributed by atoms with Crippen LogP contribution < -0.4 is 4.74 Å². The maximum Gasteiger partial charge on any atom is 0.262 e. The minimum Gasteiger partial charge on any atom is -0.497 e. The summed E-state index contributed by atoms with van der Waals surface area (Å²) in [4.78, 5) is 4.00. The van der Waals surface area contributed by atoms with Gasteiger partial charge in [0, 0.05) is 19.8 Å². The van der Waals surface area contributed by atoms with E-state index < -0.39 is 10.0 Å². The van der Waals surface area contributed by atoms with Gasteiger partial charge in [-0.05, 0) is 30.5 Å². The fourth-order valence-electron chi connectivity index (χ4n) is 2.83. The van der Waals surface area contributed by atoms with E-state index in [1.165, 1.54) is 6.33 Å². The molecule has 0 saturated carbocycles. The highest BCUT2D eigenvalue weighted by atomic mass is 32.2. The molecule has 1 aliphatic heterocycles. The number of ether oxygens (including phenoxy) is 1. The number of hydrogen-bond donors (Lipinski definition) is 0. The van der Waals surface area contributed by atoms with Crippen molar-refractivity contribution in [2.45, 2.75) is 23.9 Å². The van der Waals surface area contributed by atoms with Crippen molar-refractivity contribution in [1.29, 1.82) is 0 Å². The number of aromatic nitrogens is 2. The molecule has 0 amide bonds. The van der Waals surface area contributed by atoms with Gasteiger partial charge in [-0.25, -0.2) is 13.4 Å². The van der Waals surface area contributed by atoms with Crippen LogP contribution in [0.15, 0.2) is 41.8 Å². The van der Waals surface area contributed by atoms with Crippen LogP contribution in [0, 0.1) is 0 Å². The number of benzene rings is 1. The molecule has 22 heavy (non-hydrogen) atoms. The van der Waals surface area contributed by atoms with Gasteiger partial charge in [0.2, 0.25) is 0 Å². The molecule has 2 aromatic rings. The van der Waals surface area contributed by atoms with Crippen LogP contribution in [0.25, 0.3) is 0 Å². The fourth-order valence-corrected chi connectivity index (χ4v) is 4.48. The highest BCUT2D eigenvalue weighted by Gasteiger charge is 2.37. The number of methoxy groups -OCH3 is 1. The topological polar surface area (TPSA) is 64.4 Å². The van der Waals surface area contributed by atoms with Gasteiger partial charge in [-0.3, -0.25) is 0 Å². The Labute approximate surface area is 130 Å². The highest BCUT2D eigenvalue weighted by molar-refractivity contribution is 7.89. The van der Waals surface area contributed by atoms with E-state index in [1.54, 1.807) is 29.2 Å². The minimum absolute atomic E-state index is 0.107. The van der Waals surface area contributed by atoms with Gasteiger partial charge in [-0.1, -0.05) is 12.1 Å². The quantitative estimate of drug-likeness (QED) is 0.863. The van der Waals surface area contributed by atoms with Crippen molar-refractivity contribution in [3.05, 3.63) is 42.4 Å². The molecule has 6 nitrogen and oxygen atoms in total. The number of rotatable bonds is 4. The van der Waals surface area contributed by atoms with E-state index in [-0.39, 0.29) is 11.1 Å². The number of aryl methyl sites for hydroxylation is 1. The average Bonchev–Trinajstić information content (AvgIpc) is 3.16. The minimum atomic E-state index is -3.56. The van der Waals surface area contributed by atoms with Crippen molar-refractivity contribution in [3.8, 4) is 5.75 Å². The molecule has 3 rings (SSSR count). The van der Waals surface area contributed by atoms with Crippen LogP contribution in [-0.4, -0.2) is 35.9 Å². The van der Waals surface area contributed by atoms with E-state index in [1.807, 2.05) is 24.3 Å². The van der Waals surface area contributed by atoms with Crippen LogP contribution in [0.1, 0.15) is 24.4 Å². The van der Waals surface area contributed by atoms with Gasteiger partial charge in [-0.2, -0.15) is 4.31 Å². The lowest BCUT2D eigenvalue weighted by Crippen LogP contribution is -2.31. The number of imidazole rings is 1. The Kier molecular flexibility index (Phi) is 3.92. The molecule has 7 heteroatoms. The van der Waals surface area contributed by atoms with Crippen molar-refractivity contribution in [3.63, 3.8) is 0 Å². The van der Waals surface area contributed by atoms with Crippen molar-refractivity contribution in [2.75, 3.05) is 13.7 Å². The van der Waals surface area contributed by atoms with Gasteiger partial charge in [-0.15, -0.1) is 0 Å². The summed E-state index contributed by atoms with van der Waals surface area (Å²) in [6.07, 6.45) is 4.71. The second-order valence-electron chi connectivity index (χ2n) is 5.42. The molecule has 1 atom stereocenters. The van der Waals surface area contributed by atoms with Gasteiger partial charge in [0.15, 0.2) is 5.03 Å². The Bertz CT molecular complexity index is 753. The van der Waals surface area contributed by atoms with Crippen LogP contribution in [0.2, 0.25) is 0 Å². The second-order valence-corrected chi connectivity index (χ2v) is 7.26. The molecule has 1 aromatic heterocycles. The molecule has 1 aromatic carbocycles. The largest absolute Gasteiger partial charge is 0.497 e. The molecule has 0 radical (unpaired) electrons. The summed E-state index contributed by atoms with van der Waals surface area (Å²) in [5.74, 6) is 0.765. The third kappa shape index (κ3) is 2.62. The monoisotopic (exact) mass is 321 g/mol. The summed E-state index contributed by atoms with van der Waals surface area (Å²) >= 11 is 0. The molecule has 1 aliphatic rings. The average molecular weight is 321 g/mol. The summed E-state index contributed by atoms with van der Waals surface area (Å²) in [5, 5.41) is 0.107. The van der Waals surface area contributed by atoms with Gasteiger partial charge in [0.1, 0.15) is 5.75 Å². The summed E-state index contributed by atoms with van der Waals surface area (Å²) in [6.45, 7) is 0.523. The first-order valence-corrected chi connectivity index (χ1v) is 8.60. The molecular weight excluding hydrogens is 302 g/mol. The lowest BCUT2D eigenvalue weighted by molar-refractivity contribution is 0.393. The molecule has 0 N–H and O–H groups in total. The van der Waals surface area contributed by atoms with E-state index >= 15 is 0 Å². The SMILES string of the molecule is COc1ccc([C@@H]2CCCN2S(=O)(=O)c2cn(C)cn2)cc1. The smallest absolute Gasteiger partial charge is 0.262 e. The maximum absolute atomic E-state index is 12.8. The van der Waals surface area contributed by atoms with E-state index in [0.717, 1.165) is 24.2 Å². The van der Waals surface area contributed by atoms with Crippen molar-refractivity contribution < 1.29 is 13.2 Å². The summed E-state index contributed by atoms with van der Waals surface area (Å²) in [7, 11) is -0.186. The zero-order valence-corrected chi connectivity index (χ0v) is 13.5. The first-order chi connectivity index (χ1) is 10.5. The van der Waals surface area contributed by atoms with Crippen LogP contribution in [0.5, 0.6) is 5.75 Å². The number of nitrogens with zero attached hydrogens (tertiary/aromatic N) is 3. The third-order valence-corrected chi connectivity index (χ3v) is 5.75. The van der Waals surface area contributed by atoms with E-state index in [2.05, 4.69) is 4.98 Å². The summed E-state index contributed by atoms with van der Waals surface area (Å²) in [5.41, 5.74) is 0.984. The molecule has 2 heterocycles. The molecule has 118 valence electrons. The van der Waals surface area contributed by atoms with Crippen molar-refractivity contribution in [1.82, 2.24) is 13.9 Å². The number of hydrogen-bond acceptors (Lipinski definition) is 4. The predicted octanol–water partition coefficient (Wildman–Crippen LogP) is 1.95. The molecular formula is C15H19N3O3S. The molecule has 0 unspecified atom stereocenters. The summed E-state index contributed by atoms with van der Waals surface area (Å²) < 4.78 is 33.9. The number of sulfonamides is 1. The van der Waals surface area contributed by atoms with E-state index in [9.17, 15) is 8.42 Å². The Morgan fingerprint density at radius 2 is 2.00 bits per heavy atom. The predicted molar refractivity (Wildman–Crippen MR) is 82.1 cm³/mol. The van der Waals surface area contributed by atoms with E-state index in [4.69, 9.17) is 4.74 Å². The van der Waals surface area contributed by atoms with Crippen LogP contribution in [0.3, 0.4) is 0 Å². The summed E-state index contributed by atoms with van der Waals surface area (Å²) in [6, 6.07) is 7.43. The van der Waals surface area contributed by atoms with E-state index in [0.29, 0.717) is 6.54 Å². The molecule has 1 saturated heterocycles. The zero-order chi connectivity index (χ0) is 15.7. The second kappa shape index (κ2) is 5.73. The van der Waals surface area contributed by atoms with Crippen LogP contribution in [0.4, 0.5) is 0 Å². The van der Waals surface area contributed by atoms with Crippen molar-refractivity contribution >= 4 is 10.0 Å². The standard InChI is InChI=1S/C15H19N3O3S/c1-17-10-15(16-11-17)22(19,20)18-9-3-4-14(18)12-5-7-13(21-2)8-6-12/h5-8,10-11,14H,3-4,9H2,1-2H3/t14-/m0/s1. The highest BCUT2D eigenvalue weighted by Crippen LogP contribution is 2.36. The van der Waals surface area contributed by atoms with Crippen LogP contribution >= 0.6 is 0 Å². The Balaban J connectivity index is 1.92. The van der Waals surface area contributed by atoms with Crippen LogP contribution in [-0.2, 0) is 17.1 Å². The van der Waals surface area contributed by atoms with Crippen molar-refractivity contribution in [2.24, 2.45) is 7.05 Å². The Hall–Kier alpha value is -1.86. The maximum atomic E-state index is 12.8. The van der Waals surface area contributed by atoms with Gasteiger partial charge < -0.3 is 9.30 Å². The Morgan fingerprint density at radius 3 is 2.59 bits per heavy atom. The zero-order valence-electron chi connectivity index (χ0n) is 12.6. The molecule has 0 aliphatic carbocycles. The van der Waals surface area contributed by atoms with Gasteiger partial charge in [0.25, 0.3) is 10.0 Å². The lowest BCUT2D eigenvalue weighted by Gasteiger charge is -2.23. The fraction of sp³-hybridized carbons (Fsp3) is 0.400. The third-order valence-electron chi connectivity index (χ3n) is 3.96. The first-order valence-electron chi connectivity index (χ1n) is 7.16. The van der Waals surface area contributed by atoms with Gasteiger partial charge >= 0.3 is 0 Å². The molecule has 1 fully saturated rings.